The van der Waals surface area contributed by atoms with Crippen molar-refractivity contribution in [3.63, 3.8) is 0 Å². The van der Waals surface area contributed by atoms with Gasteiger partial charge in [-0.3, -0.25) is 20.2 Å². The normalized spacial score (nSPS) is 13.9. The maximum Gasteiger partial charge on any atom is 0.293 e. The van der Waals surface area contributed by atoms with Crippen LogP contribution in [-0.4, -0.2) is 34.0 Å². The fourth-order valence-electron chi connectivity index (χ4n) is 2.80. The van der Waals surface area contributed by atoms with Gasteiger partial charge in [-0.2, -0.15) is 0 Å². The molecule has 0 spiro atoms. The minimum atomic E-state index is -0.507. The molecular formula is C16H17N5O3S2. The summed E-state index contributed by atoms with van der Waals surface area (Å²) in [6.07, 6.45) is 4.76. The van der Waals surface area contributed by atoms with Crippen molar-refractivity contribution >= 4 is 51.1 Å². The van der Waals surface area contributed by atoms with Crippen LogP contribution in [0.15, 0.2) is 29.8 Å². The highest BCUT2D eigenvalue weighted by Crippen LogP contribution is 2.31. The number of anilines is 2. The molecule has 1 fully saturated rings. The topological polar surface area (TPSA) is 100 Å². The lowest BCUT2D eigenvalue weighted by Gasteiger charge is -2.28. The summed E-state index contributed by atoms with van der Waals surface area (Å²) in [6.45, 7) is 1.57. The summed E-state index contributed by atoms with van der Waals surface area (Å²) in [5.41, 5.74) is 0.661. The van der Waals surface area contributed by atoms with E-state index in [9.17, 15) is 14.9 Å². The summed E-state index contributed by atoms with van der Waals surface area (Å²) < 4.78 is 0. The molecular weight excluding hydrogens is 374 g/mol. The van der Waals surface area contributed by atoms with Crippen LogP contribution in [0, 0.1) is 10.1 Å². The van der Waals surface area contributed by atoms with Crippen LogP contribution in [0.3, 0.4) is 0 Å². The van der Waals surface area contributed by atoms with Crippen molar-refractivity contribution in [1.29, 1.82) is 0 Å². The standard InChI is InChI=1S/C16H17N5O3S2/c22-14(18-15(25)19-16-17-6-9-26-16)11-4-5-12(13(10-11)21(23)24)20-7-2-1-3-8-20/h4-6,9-10H,1-3,7-8H2,(H2,17,18,19,22,25). The van der Waals surface area contributed by atoms with Gasteiger partial charge in [-0.1, -0.05) is 0 Å². The van der Waals surface area contributed by atoms with Gasteiger partial charge in [-0.05, 0) is 43.6 Å². The molecule has 0 unspecified atom stereocenters. The van der Waals surface area contributed by atoms with Crippen LogP contribution in [0.4, 0.5) is 16.5 Å². The molecule has 2 aromatic rings. The SMILES string of the molecule is O=C(NC(=S)Nc1nccs1)c1ccc(N2CCCCC2)c([N+](=O)[O-])c1. The molecule has 1 saturated heterocycles. The van der Waals surface area contributed by atoms with Crippen LogP contribution in [-0.2, 0) is 0 Å². The second-order valence-electron chi connectivity index (χ2n) is 5.75. The number of hydrogen-bond donors (Lipinski definition) is 2. The molecule has 136 valence electrons. The van der Waals surface area contributed by atoms with Gasteiger partial charge in [0.2, 0.25) is 0 Å². The molecule has 0 saturated carbocycles. The Labute approximate surface area is 159 Å². The number of rotatable bonds is 4. The lowest BCUT2D eigenvalue weighted by molar-refractivity contribution is -0.384. The number of carbonyl (C=O) groups is 1. The van der Waals surface area contributed by atoms with Gasteiger partial charge in [0.25, 0.3) is 11.6 Å². The van der Waals surface area contributed by atoms with E-state index < -0.39 is 10.8 Å². The van der Waals surface area contributed by atoms with Crippen molar-refractivity contribution in [2.45, 2.75) is 19.3 Å². The summed E-state index contributed by atoms with van der Waals surface area (Å²) in [5.74, 6) is -0.507. The molecule has 1 aliphatic heterocycles. The third-order valence-electron chi connectivity index (χ3n) is 4.01. The van der Waals surface area contributed by atoms with E-state index >= 15 is 0 Å². The van der Waals surface area contributed by atoms with Gasteiger partial charge in [0.05, 0.1) is 4.92 Å². The van der Waals surface area contributed by atoms with Crippen molar-refractivity contribution in [2.75, 3.05) is 23.3 Å². The fraction of sp³-hybridized carbons (Fsp3) is 0.312. The number of carbonyl (C=O) groups excluding carboxylic acids is 1. The number of aromatic nitrogens is 1. The molecule has 3 rings (SSSR count). The van der Waals surface area contributed by atoms with E-state index in [-0.39, 0.29) is 16.4 Å². The second-order valence-corrected chi connectivity index (χ2v) is 7.06. The number of amides is 1. The Kier molecular flexibility index (Phi) is 5.74. The molecule has 26 heavy (non-hydrogen) atoms. The van der Waals surface area contributed by atoms with Crippen LogP contribution >= 0.6 is 23.6 Å². The van der Waals surface area contributed by atoms with Crippen LogP contribution in [0.5, 0.6) is 0 Å². The van der Waals surface area contributed by atoms with E-state index in [1.54, 1.807) is 23.7 Å². The van der Waals surface area contributed by atoms with Gasteiger partial charge in [-0.25, -0.2) is 4.98 Å². The molecule has 0 bridgehead atoms. The van der Waals surface area contributed by atoms with Gasteiger partial charge in [0.1, 0.15) is 5.69 Å². The zero-order chi connectivity index (χ0) is 18.5. The molecule has 1 aromatic heterocycles. The number of thiocarbonyl (C=S) groups is 1. The first-order chi connectivity index (χ1) is 12.5. The smallest absolute Gasteiger partial charge is 0.293 e. The highest BCUT2D eigenvalue weighted by atomic mass is 32.1. The predicted molar refractivity (Wildman–Crippen MR) is 105 cm³/mol. The number of thiazole rings is 1. The average Bonchev–Trinajstić information content (AvgIpc) is 3.14. The van der Waals surface area contributed by atoms with Crippen LogP contribution in [0.2, 0.25) is 0 Å². The van der Waals surface area contributed by atoms with E-state index in [1.165, 1.54) is 17.4 Å². The van der Waals surface area contributed by atoms with E-state index in [2.05, 4.69) is 15.6 Å². The van der Waals surface area contributed by atoms with Crippen molar-refractivity contribution in [2.24, 2.45) is 0 Å². The molecule has 2 N–H and O–H groups in total. The van der Waals surface area contributed by atoms with E-state index in [1.807, 2.05) is 4.90 Å². The molecule has 0 atom stereocenters. The summed E-state index contributed by atoms with van der Waals surface area (Å²) in [5, 5.41) is 19.2. The number of nitrogens with zero attached hydrogens (tertiary/aromatic N) is 3. The molecule has 10 heteroatoms. The zero-order valence-electron chi connectivity index (χ0n) is 13.8. The van der Waals surface area contributed by atoms with Crippen LogP contribution < -0.4 is 15.5 Å². The molecule has 1 amide bonds. The Hall–Kier alpha value is -2.59. The van der Waals surface area contributed by atoms with Crippen LogP contribution in [0.1, 0.15) is 29.6 Å². The molecule has 0 radical (unpaired) electrons. The minimum absolute atomic E-state index is 0.0710. The molecule has 1 aromatic carbocycles. The summed E-state index contributed by atoms with van der Waals surface area (Å²) in [6, 6.07) is 4.51. The number of nitro groups is 1. The molecule has 8 nitrogen and oxygen atoms in total. The maximum atomic E-state index is 12.4. The first-order valence-corrected chi connectivity index (χ1v) is 9.38. The highest BCUT2D eigenvalue weighted by molar-refractivity contribution is 7.80. The third kappa shape index (κ3) is 4.33. The van der Waals surface area contributed by atoms with Crippen molar-refractivity contribution in [3.8, 4) is 0 Å². The van der Waals surface area contributed by atoms with Gasteiger partial charge in [-0.15, -0.1) is 11.3 Å². The summed E-state index contributed by atoms with van der Waals surface area (Å²) >= 11 is 6.41. The van der Waals surface area contributed by atoms with E-state index in [0.717, 1.165) is 32.4 Å². The van der Waals surface area contributed by atoms with Gasteiger partial charge in [0, 0.05) is 36.3 Å². The lowest BCUT2D eigenvalue weighted by Crippen LogP contribution is -2.34. The molecule has 1 aliphatic rings. The quantitative estimate of drug-likeness (QED) is 0.469. The first-order valence-electron chi connectivity index (χ1n) is 8.10. The summed E-state index contributed by atoms with van der Waals surface area (Å²) in [7, 11) is 0. The second kappa shape index (κ2) is 8.19. The van der Waals surface area contributed by atoms with Crippen molar-refractivity contribution in [3.05, 3.63) is 45.5 Å². The monoisotopic (exact) mass is 391 g/mol. The lowest BCUT2D eigenvalue weighted by atomic mass is 10.1. The Balaban J connectivity index is 1.74. The fourth-order valence-corrected chi connectivity index (χ4v) is 3.59. The number of nitrogens with one attached hydrogen (secondary N) is 2. The maximum absolute atomic E-state index is 12.4. The van der Waals surface area contributed by atoms with Crippen molar-refractivity contribution in [1.82, 2.24) is 10.3 Å². The zero-order valence-corrected chi connectivity index (χ0v) is 15.4. The van der Waals surface area contributed by atoms with Crippen molar-refractivity contribution < 1.29 is 9.72 Å². The molecule has 0 aliphatic carbocycles. The van der Waals surface area contributed by atoms with E-state index in [4.69, 9.17) is 12.2 Å². The number of piperidine rings is 1. The first kappa shape index (κ1) is 18.2. The van der Waals surface area contributed by atoms with Gasteiger partial charge >= 0.3 is 0 Å². The Morgan fingerprint density at radius 1 is 1.31 bits per heavy atom. The Morgan fingerprint density at radius 2 is 2.08 bits per heavy atom. The largest absolute Gasteiger partial charge is 0.366 e. The minimum Gasteiger partial charge on any atom is -0.366 e. The Bertz CT molecular complexity index is 819. The van der Waals surface area contributed by atoms with Crippen LogP contribution in [0.25, 0.3) is 0 Å². The predicted octanol–water partition coefficient (Wildman–Crippen LogP) is 3.17. The number of benzene rings is 1. The highest BCUT2D eigenvalue weighted by Gasteiger charge is 2.23. The molecule has 2 heterocycles. The Morgan fingerprint density at radius 3 is 2.73 bits per heavy atom. The van der Waals surface area contributed by atoms with Gasteiger partial charge < -0.3 is 10.2 Å². The van der Waals surface area contributed by atoms with Gasteiger partial charge in [0.15, 0.2) is 10.2 Å². The number of nitro benzene ring substituents is 1. The third-order valence-corrected chi connectivity index (χ3v) is 4.90. The van der Waals surface area contributed by atoms with E-state index in [0.29, 0.717) is 10.8 Å². The average molecular weight is 391 g/mol. The number of hydrogen-bond acceptors (Lipinski definition) is 7. The summed E-state index contributed by atoms with van der Waals surface area (Å²) in [4.78, 5) is 29.4.